The summed E-state index contributed by atoms with van der Waals surface area (Å²) in [6, 6.07) is 13.3. The number of nitrogens with one attached hydrogen (secondary N) is 2. The van der Waals surface area contributed by atoms with Crippen molar-refractivity contribution in [2.24, 2.45) is 0 Å². The number of carbonyl (C=O) groups excluding carboxylic acids is 2. The summed E-state index contributed by atoms with van der Waals surface area (Å²) in [5.41, 5.74) is 6.14. The molecular formula is C21H22N2O2. The molecule has 2 N–H and O–H groups in total. The molecule has 2 aromatic rings. The Morgan fingerprint density at radius 1 is 0.920 bits per heavy atom. The summed E-state index contributed by atoms with van der Waals surface area (Å²) in [6.07, 6.45) is 1.32. The van der Waals surface area contributed by atoms with Crippen molar-refractivity contribution in [1.82, 2.24) is 0 Å². The normalized spacial score (nSPS) is 14.0. The lowest BCUT2D eigenvalue weighted by atomic mass is 10.1. The van der Waals surface area contributed by atoms with Gasteiger partial charge >= 0.3 is 0 Å². The van der Waals surface area contributed by atoms with Crippen LogP contribution >= 0.6 is 0 Å². The Hall–Kier alpha value is -2.88. The van der Waals surface area contributed by atoms with Crippen molar-refractivity contribution in [3.63, 3.8) is 0 Å². The number of anilines is 2. The van der Waals surface area contributed by atoms with E-state index >= 15 is 0 Å². The predicted molar refractivity (Wildman–Crippen MR) is 101 cm³/mol. The number of allylic oxidation sites excluding steroid dienone is 2. The third-order valence-corrected chi connectivity index (χ3v) is 4.64. The van der Waals surface area contributed by atoms with Gasteiger partial charge in [-0.1, -0.05) is 18.2 Å². The molecule has 0 atom stereocenters. The van der Waals surface area contributed by atoms with E-state index in [2.05, 4.69) is 10.6 Å². The van der Waals surface area contributed by atoms with Crippen LogP contribution in [0.2, 0.25) is 0 Å². The minimum atomic E-state index is -0.129. The Morgan fingerprint density at radius 3 is 2.32 bits per heavy atom. The largest absolute Gasteiger partial charge is 0.358 e. The third kappa shape index (κ3) is 3.63. The van der Waals surface area contributed by atoms with Crippen LogP contribution in [-0.4, -0.2) is 11.7 Å². The minimum absolute atomic E-state index is 0.129. The molecule has 2 aromatic carbocycles. The Labute approximate surface area is 148 Å². The van der Waals surface area contributed by atoms with Gasteiger partial charge in [0.25, 0.3) is 5.91 Å². The highest BCUT2D eigenvalue weighted by Crippen LogP contribution is 2.26. The smallest absolute Gasteiger partial charge is 0.255 e. The van der Waals surface area contributed by atoms with Crippen LogP contribution in [0.3, 0.4) is 0 Å². The number of amides is 1. The van der Waals surface area contributed by atoms with E-state index in [9.17, 15) is 9.59 Å². The van der Waals surface area contributed by atoms with Gasteiger partial charge in [0, 0.05) is 34.6 Å². The van der Waals surface area contributed by atoms with E-state index in [1.165, 1.54) is 0 Å². The number of aryl methyl sites for hydroxylation is 2. The zero-order valence-corrected chi connectivity index (χ0v) is 14.8. The van der Waals surface area contributed by atoms with E-state index in [-0.39, 0.29) is 11.7 Å². The van der Waals surface area contributed by atoms with Crippen molar-refractivity contribution >= 4 is 23.1 Å². The van der Waals surface area contributed by atoms with Crippen LogP contribution in [0.25, 0.3) is 0 Å². The number of hydrogen-bond acceptors (Lipinski definition) is 3. The van der Waals surface area contributed by atoms with E-state index in [0.717, 1.165) is 40.2 Å². The summed E-state index contributed by atoms with van der Waals surface area (Å²) in [5, 5.41) is 6.29. The van der Waals surface area contributed by atoms with Crippen molar-refractivity contribution in [3.05, 3.63) is 70.4 Å². The summed E-state index contributed by atoms with van der Waals surface area (Å²) in [7, 11) is 0. The number of carbonyl (C=O) groups is 2. The fourth-order valence-electron chi connectivity index (χ4n) is 2.95. The van der Waals surface area contributed by atoms with Gasteiger partial charge in [-0.2, -0.15) is 0 Å². The molecule has 0 unspecified atom stereocenters. The summed E-state index contributed by atoms with van der Waals surface area (Å²) in [4.78, 5) is 24.1. The molecule has 0 aliphatic heterocycles. The third-order valence-electron chi connectivity index (χ3n) is 4.64. The lowest BCUT2D eigenvalue weighted by Crippen LogP contribution is -2.13. The molecule has 1 amide bonds. The second-order valence-corrected chi connectivity index (χ2v) is 6.45. The Morgan fingerprint density at radius 2 is 1.68 bits per heavy atom. The maximum absolute atomic E-state index is 12.5. The van der Waals surface area contributed by atoms with Crippen LogP contribution < -0.4 is 10.6 Å². The van der Waals surface area contributed by atoms with Gasteiger partial charge in [0.15, 0.2) is 5.78 Å². The molecule has 0 heterocycles. The molecule has 25 heavy (non-hydrogen) atoms. The second-order valence-electron chi connectivity index (χ2n) is 6.45. The van der Waals surface area contributed by atoms with Gasteiger partial charge in [-0.3, -0.25) is 9.59 Å². The average Bonchev–Trinajstić information content (AvgIpc) is 2.90. The highest BCUT2D eigenvalue weighted by Gasteiger charge is 2.19. The minimum Gasteiger partial charge on any atom is -0.358 e. The van der Waals surface area contributed by atoms with Gasteiger partial charge in [-0.25, -0.2) is 0 Å². The summed E-state index contributed by atoms with van der Waals surface area (Å²) < 4.78 is 0. The van der Waals surface area contributed by atoms with Crippen LogP contribution in [0.5, 0.6) is 0 Å². The summed E-state index contributed by atoms with van der Waals surface area (Å²) in [5.74, 6) is 0.0739. The first kappa shape index (κ1) is 17.0. The topological polar surface area (TPSA) is 58.2 Å². The van der Waals surface area contributed by atoms with Gasteiger partial charge < -0.3 is 10.6 Å². The second kappa shape index (κ2) is 6.93. The first-order valence-electron chi connectivity index (χ1n) is 8.43. The Balaban J connectivity index is 1.77. The van der Waals surface area contributed by atoms with Crippen LogP contribution in [-0.2, 0) is 4.79 Å². The van der Waals surface area contributed by atoms with Gasteiger partial charge in [-0.05, 0) is 62.6 Å². The molecule has 3 rings (SSSR count). The summed E-state index contributed by atoms with van der Waals surface area (Å²) in [6.45, 7) is 5.78. The summed E-state index contributed by atoms with van der Waals surface area (Å²) >= 11 is 0. The van der Waals surface area contributed by atoms with E-state index in [1.807, 2.05) is 57.2 Å². The number of para-hydroxylation sites is 1. The average molecular weight is 334 g/mol. The van der Waals surface area contributed by atoms with E-state index < -0.39 is 0 Å². The van der Waals surface area contributed by atoms with Gasteiger partial charge in [0.1, 0.15) is 0 Å². The fraction of sp³-hybridized carbons (Fsp3) is 0.238. The van der Waals surface area contributed by atoms with Crippen molar-refractivity contribution in [2.75, 3.05) is 10.6 Å². The molecular weight excluding hydrogens is 312 g/mol. The molecule has 4 heteroatoms. The highest BCUT2D eigenvalue weighted by molar-refractivity contribution is 6.05. The van der Waals surface area contributed by atoms with E-state index in [4.69, 9.17) is 0 Å². The molecule has 0 aromatic heterocycles. The lowest BCUT2D eigenvalue weighted by Gasteiger charge is -2.13. The Kier molecular flexibility index (Phi) is 4.70. The van der Waals surface area contributed by atoms with Crippen molar-refractivity contribution in [3.8, 4) is 0 Å². The fourth-order valence-corrected chi connectivity index (χ4v) is 2.95. The molecule has 0 bridgehead atoms. The molecule has 0 saturated heterocycles. The van der Waals surface area contributed by atoms with E-state index in [1.54, 1.807) is 6.07 Å². The monoisotopic (exact) mass is 334 g/mol. The highest BCUT2D eigenvalue weighted by atomic mass is 16.1. The molecule has 4 nitrogen and oxygen atoms in total. The van der Waals surface area contributed by atoms with Crippen molar-refractivity contribution in [1.29, 1.82) is 0 Å². The quantitative estimate of drug-likeness (QED) is 0.859. The maximum atomic E-state index is 12.5. The first-order valence-corrected chi connectivity index (χ1v) is 8.43. The van der Waals surface area contributed by atoms with Crippen LogP contribution in [0, 0.1) is 13.8 Å². The van der Waals surface area contributed by atoms with Gasteiger partial charge in [0.05, 0.1) is 0 Å². The Bertz CT molecular complexity index is 881. The van der Waals surface area contributed by atoms with Crippen molar-refractivity contribution < 1.29 is 9.59 Å². The molecule has 0 radical (unpaired) electrons. The van der Waals surface area contributed by atoms with Crippen LogP contribution in [0.4, 0.5) is 11.4 Å². The predicted octanol–water partition coefficient (Wildman–Crippen LogP) is 4.60. The number of ketones is 1. The van der Waals surface area contributed by atoms with Gasteiger partial charge in [-0.15, -0.1) is 0 Å². The SMILES string of the molecule is CC1=C(Nc2ccc(C(=O)Nc3ccccc3C)cc2C)CCC1=O. The molecule has 1 aliphatic rings. The number of hydrogen-bond donors (Lipinski definition) is 2. The van der Waals surface area contributed by atoms with Gasteiger partial charge in [0.2, 0.25) is 0 Å². The zero-order chi connectivity index (χ0) is 18.0. The lowest BCUT2D eigenvalue weighted by molar-refractivity contribution is -0.114. The molecule has 1 aliphatic carbocycles. The molecule has 0 fully saturated rings. The number of benzene rings is 2. The maximum Gasteiger partial charge on any atom is 0.255 e. The molecule has 0 saturated carbocycles. The number of rotatable bonds is 4. The molecule has 128 valence electrons. The molecule has 0 spiro atoms. The van der Waals surface area contributed by atoms with E-state index in [0.29, 0.717) is 12.0 Å². The van der Waals surface area contributed by atoms with Crippen LogP contribution in [0.1, 0.15) is 41.3 Å². The zero-order valence-electron chi connectivity index (χ0n) is 14.8. The van der Waals surface area contributed by atoms with Crippen LogP contribution in [0.15, 0.2) is 53.7 Å². The number of Topliss-reactive ketones (excluding diaryl/α,β-unsaturated/α-hetero) is 1. The van der Waals surface area contributed by atoms with Crippen molar-refractivity contribution in [2.45, 2.75) is 33.6 Å². The first-order chi connectivity index (χ1) is 12.0. The standard InChI is InChI=1S/C21H22N2O2/c1-13-6-4-5-7-17(13)23-21(25)16-8-9-18(14(2)12-16)22-19-10-11-20(24)15(19)3/h4-9,12,22H,10-11H2,1-3H3,(H,23,25).